The third kappa shape index (κ3) is 4.78. The molecule has 8 heteroatoms. The molecule has 1 fully saturated rings. The van der Waals surface area contributed by atoms with Crippen molar-refractivity contribution < 1.29 is 19.1 Å². The normalized spacial score (nSPS) is 18.7. The minimum Gasteiger partial charge on any atom is -0.598 e. The average Bonchev–Trinajstić information content (AvgIpc) is 3.37. The molecule has 0 aliphatic heterocycles. The molecule has 1 aromatic heterocycles. The first kappa shape index (κ1) is 20.7. The van der Waals surface area contributed by atoms with Crippen molar-refractivity contribution in [2.45, 2.75) is 50.3 Å². The Hall–Kier alpha value is -0.570. The zero-order chi connectivity index (χ0) is 18.7. The van der Waals surface area contributed by atoms with Crippen molar-refractivity contribution in [1.29, 1.82) is 0 Å². The molecule has 1 saturated carbocycles. The van der Waals surface area contributed by atoms with Crippen LogP contribution in [0.5, 0.6) is 5.75 Å². The molecule has 1 aliphatic carbocycles. The Bertz CT molecular complexity index is 580. The Balaban J connectivity index is 2.50. The summed E-state index contributed by atoms with van der Waals surface area (Å²) in [5.74, 6) is 0.652. The van der Waals surface area contributed by atoms with Crippen LogP contribution in [0, 0.1) is 5.92 Å². The van der Waals surface area contributed by atoms with Crippen LogP contribution in [0.15, 0.2) is 12.3 Å². The van der Waals surface area contributed by atoms with Gasteiger partial charge in [-0.2, -0.15) is 0 Å². The molecule has 2 unspecified atom stereocenters. The number of halogens is 1. The summed E-state index contributed by atoms with van der Waals surface area (Å²) in [5, 5.41) is 9.96. The van der Waals surface area contributed by atoms with Gasteiger partial charge < -0.3 is 19.1 Å². The molecule has 0 saturated heterocycles. The predicted molar refractivity (Wildman–Crippen MR) is 98.9 cm³/mol. The maximum atomic E-state index is 12.9. The number of aromatic nitrogens is 1. The van der Waals surface area contributed by atoms with E-state index in [0.29, 0.717) is 12.2 Å². The highest BCUT2D eigenvalue weighted by Crippen LogP contribution is 2.51. The van der Waals surface area contributed by atoms with Crippen LogP contribution in [-0.2, 0) is 21.6 Å². The average molecular weight is 391 g/mol. The van der Waals surface area contributed by atoms with Gasteiger partial charge in [0.1, 0.15) is 4.75 Å². The summed E-state index contributed by atoms with van der Waals surface area (Å²) < 4.78 is 26.4. The lowest BCUT2D eigenvalue weighted by atomic mass is 9.83. The molecule has 0 spiro atoms. The highest BCUT2D eigenvalue weighted by atomic mass is 35.5. The van der Waals surface area contributed by atoms with Gasteiger partial charge in [0.2, 0.25) is 0 Å². The van der Waals surface area contributed by atoms with E-state index in [1.54, 1.807) is 6.20 Å². The van der Waals surface area contributed by atoms with Gasteiger partial charge in [-0.15, -0.1) is 4.72 Å². The van der Waals surface area contributed by atoms with E-state index >= 15 is 0 Å². The van der Waals surface area contributed by atoms with Crippen molar-refractivity contribution in [3.05, 3.63) is 23.0 Å². The molecule has 0 amide bonds. The first-order chi connectivity index (χ1) is 11.8. The lowest BCUT2D eigenvalue weighted by Gasteiger charge is -2.38. The molecule has 6 nitrogen and oxygen atoms in total. The number of aliphatic hydroxyl groups excluding tert-OH is 1. The van der Waals surface area contributed by atoms with Crippen LogP contribution in [0.25, 0.3) is 0 Å². The highest BCUT2D eigenvalue weighted by molar-refractivity contribution is 7.90. The number of pyridine rings is 1. The molecule has 0 radical (unpaired) electrons. The second kappa shape index (κ2) is 8.41. The van der Waals surface area contributed by atoms with Crippen molar-refractivity contribution in [3.8, 4) is 5.75 Å². The SMILES string of the molecule is COCOc1c(C(CCO)(N[S+]([O-])C(C)(C)C)C2CC2)ccnc1Cl. The van der Waals surface area contributed by atoms with Gasteiger partial charge in [-0.1, -0.05) is 11.6 Å². The van der Waals surface area contributed by atoms with E-state index in [4.69, 9.17) is 21.1 Å². The van der Waals surface area contributed by atoms with E-state index in [1.165, 1.54) is 7.11 Å². The molecule has 0 bridgehead atoms. The van der Waals surface area contributed by atoms with Crippen LogP contribution in [0.2, 0.25) is 5.15 Å². The van der Waals surface area contributed by atoms with Crippen molar-refractivity contribution in [2.75, 3.05) is 20.5 Å². The Morgan fingerprint density at radius 2 is 2.12 bits per heavy atom. The standard InChI is InChI=1S/C17H27ClN2O4S/c1-16(2,3)25(22)20-17(8-10-21,12-5-6-12)13-7-9-19-15(18)14(13)24-11-23-4/h7,9,12,20-21H,5-6,8,10-11H2,1-4H3. The summed E-state index contributed by atoms with van der Waals surface area (Å²) in [6, 6.07) is 1.82. The summed E-state index contributed by atoms with van der Waals surface area (Å²) in [6.07, 6.45) is 3.98. The predicted octanol–water partition coefficient (Wildman–Crippen LogP) is 2.76. The van der Waals surface area contributed by atoms with Crippen molar-refractivity contribution in [3.63, 3.8) is 0 Å². The molecule has 142 valence electrons. The summed E-state index contributed by atoms with van der Waals surface area (Å²) in [4.78, 5) is 4.09. The molecule has 1 aromatic rings. The number of methoxy groups -OCH3 is 1. The third-order valence-corrected chi connectivity index (χ3v) is 6.21. The van der Waals surface area contributed by atoms with Gasteiger partial charge in [0, 0.05) is 36.8 Å². The van der Waals surface area contributed by atoms with Gasteiger partial charge in [-0.3, -0.25) is 0 Å². The molecular weight excluding hydrogens is 364 g/mol. The van der Waals surface area contributed by atoms with Gasteiger partial charge in [0.25, 0.3) is 0 Å². The summed E-state index contributed by atoms with van der Waals surface area (Å²) >= 11 is 4.94. The van der Waals surface area contributed by atoms with Crippen LogP contribution in [-0.4, -0.2) is 39.9 Å². The maximum absolute atomic E-state index is 12.9. The van der Waals surface area contributed by atoms with E-state index in [9.17, 15) is 9.66 Å². The van der Waals surface area contributed by atoms with Crippen LogP contribution in [0.1, 0.15) is 45.6 Å². The Morgan fingerprint density at radius 3 is 2.64 bits per heavy atom. The number of hydrogen-bond acceptors (Lipinski definition) is 6. The molecular formula is C17H27ClN2O4S. The fourth-order valence-corrected chi connectivity index (χ4v) is 4.08. The number of aliphatic hydroxyl groups is 1. The van der Waals surface area contributed by atoms with Crippen LogP contribution in [0.4, 0.5) is 0 Å². The molecule has 2 rings (SSSR count). The summed E-state index contributed by atoms with van der Waals surface area (Å²) in [7, 11) is 1.53. The molecule has 2 N–H and O–H groups in total. The Morgan fingerprint density at radius 1 is 1.44 bits per heavy atom. The minimum atomic E-state index is -1.32. The lowest BCUT2D eigenvalue weighted by molar-refractivity contribution is 0.0484. The van der Waals surface area contributed by atoms with Crippen LogP contribution >= 0.6 is 11.6 Å². The lowest BCUT2D eigenvalue weighted by Crippen LogP contribution is -2.53. The fourth-order valence-electron chi connectivity index (χ4n) is 2.85. The fraction of sp³-hybridized carbons (Fsp3) is 0.706. The molecule has 1 aliphatic rings. The number of nitrogens with one attached hydrogen (secondary N) is 1. The maximum Gasteiger partial charge on any atom is 0.188 e. The van der Waals surface area contributed by atoms with E-state index < -0.39 is 21.6 Å². The molecule has 2 atom stereocenters. The summed E-state index contributed by atoms with van der Waals surface area (Å²) in [6.45, 7) is 5.72. The molecule has 1 heterocycles. The van der Waals surface area contributed by atoms with E-state index in [1.807, 2.05) is 26.8 Å². The second-order valence-corrected chi connectivity index (χ2v) is 9.56. The second-order valence-electron chi connectivity index (χ2n) is 7.23. The number of rotatable bonds is 9. The van der Waals surface area contributed by atoms with Gasteiger partial charge >= 0.3 is 0 Å². The van der Waals surface area contributed by atoms with E-state index in [0.717, 1.165) is 18.4 Å². The van der Waals surface area contributed by atoms with Crippen molar-refractivity contribution in [1.82, 2.24) is 9.71 Å². The minimum absolute atomic E-state index is 0.0284. The van der Waals surface area contributed by atoms with Crippen LogP contribution < -0.4 is 9.46 Å². The summed E-state index contributed by atoms with van der Waals surface area (Å²) in [5.41, 5.74) is 0.0708. The van der Waals surface area contributed by atoms with Crippen molar-refractivity contribution >= 4 is 23.0 Å². The van der Waals surface area contributed by atoms with E-state index in [-0.39, 0.29) is 24.5 Å². The number of hydrogen-bond donors (Lipinski definition) is 2. The first-order valence-electron chi connectivity index (χ1n) is 8.33. The van der Waals surface area contributed by atoms with Gasteiger partial charge in [0.15, 0.2) is 17.7 Å². The quantitative estimate of drug-likeness (QED) is 0.383. The zero-order valence-corrected chi connectivity index (χ0v) is 16.7. The monoisotopic (exact) mass is 390 g/mol. The largest absolute Gasteiger partial charge is 0.598 e. The van der Waals surface area contributed by atoms with E-state index in [2.05, 4.69) is 9.71 Å². The zero-order valence-electron chi connectivity index (χ0n) is 15.2. The van der Waals surface area contributed by atoms with Gasteiger partial charge in [-0.05, 0) is 52.0 Å². The van der Waals surface area contributed by atoms with Crippen LogP contribution in [0.3, 0.4) is 0 Å². The molecule has 0 aromatic carbocycles. The van der Waals surface area contributed by atoms with Crippen molar-refractivity contribution in [2.24, 2.45) is 5.92 Å². The third-order valence-electron chi connectivity index (χ3n) is 4.27. The Kier molecular flexibility index (Phi) is 6.98. The van der Waals surface area contributed by atoms with Gasteiger partial charge in [-0.25, -0.2) is 4.98 Å². The molecule has 25 heavy (non-hydrogen) atoms. The number of nitrogens with zero attached hydrogens (tertiary/aromatic N) is 1. The Labute approximate surface area is 157 Å². The number of ether oxygens (including phenoxy) is 2. The highest BCUT2D eigenvalue weighted by Gasteiger charge is 2.52. The topological polar surface area (TPSA) is 86.7 Å². The first-order valence-corrected chi connectivity index (χ1v) is 9.86. The smallest absolute Gasteiger partial charge is 0.188 e. The van der Waals surface area contributed by atoms with Gasteiger partial charge in [0.05, 0.1) is 5.54 Å².